The fraction of sp³-hybridized carbons (Fsp3) is 0.105. The van der Waals surface area contributed by atoms with Gasteiger partial charge in [-0.2, -0.15) is 13.2 Å². The van der Waals surface area contributed by atoms with E-state index in [1.165, 1.54) is 25.4 Å². The van der Waals surface area contributed by atoms with Crippen LogP contribution in [0.2, 0.25) is 0 Å². The first-order valence-electron chi connectivity index (χ1n) is 8.17. The van der Waals surface area contributed by atoms with Gasteiger partial charge in [-0.05, 0) is 43.3 Å². The van der Waals surface area contributed by atoms with Crippen molar-refractivity contribution in [2.24, 2.45) is 0 Å². The summed E-state index contributed by atoms with van der Waals surface area (Å²) in [5.74, 6) is 0.453. The molecule has 0 fully saturated rings. The molecule has 9 heteroatoms. The molecule has 0 aliphatic rings. The third kappa shape index (κ3) is 4.37. The Morgan fingerprint density at radius 1 is 0.964 bits per heavy atom. The van der Waals surface area contributed by atoms with Crippen LogP contribution in [0.1, 0.15) is 22.8 Å². The number of nitrogen functional groups attached to an aromatic ring is 1. The zero-order valence-electron chi connectivity index (χ0n) is 14.7. The van der Waals surface area contributed by atoms with Crippen LogP contribution in [0.3, 0.4) is 0 Å². The Morgan fingerprint density at radius 3 is 2.14 bits per heavy atom. The molecule has 144 valence electrons. The predicted molar refractivity (Wildman–Crippen MR) is 101 cm³/mol. The predicted octanol–water partition coefficient (Wildman–Crippen LogP) is 4.77. The highest BCUT2D eigenvalue weighted by molar-refractivity contribution is 5.95. The second-order valence-corrected chi connectivity index (χ2v) is 5.95. The highest BCUT2D eigenvalue weighted by atomic mass is 19.4. The van der Waals surface area contributed by atoms with Crippen LogP contribution in [0.15, 0.2) is 54.9 Å². The van der Waals surface area contributed by atoms with E-state index in [4.69, 9.17) is 5.73 Å². The number of rotatable bonds is 5. The number of carbonyl (C=O) groups excluding carboxylic acids is 1. The number of alkyl halides is 3. The van der Waals surface area contributed by atoms with Gasteiger partial charge in [-0.25, -0.2) is 9.97 Å². The second kappa shape index (κ2) is 7.55. The normalized spacial score (nSPS) is 11.1. The largest absolute Gasteiger partial charge is 0.416 e. The standard InChI is InChI=1S/C19H16F3N5O/c1-11(28)12-3-2-4-15(9-12)27-18-16(23)17(24-10-25-18)26-14-7-5-13(6-8-14)19(20,21)22/h2-10H,23H2,1H3,(H2,24,25,26,27). The Labute approximate surface area is 158 Å². The van der Waals surface area contributed by atoms with Crippen molar-refractivity contribution in [1.29, 1.82) is 0 Å². The van der Waals surface area contributed by atoms with Crippen molar-refractivity contribution in [3.05, 3.63) is 66.0 Å². The van der Waals surface area contributed by atoms with E-state index < -0.39 is 11.7 Å². The molecule has 0 saturated heterocycles. The Balaban J connectivity index is 1.81. The van der Waals surface area contributed by atoms with Crippen LogP contribution in [0.4, 0.5) is 41.9 Å². The average Bonchev–Trinajstić information content (AvgIpc) is 2.65. The van der Waals surface area contributed by atoms with E-state index in [0.717, 1.165) is 12.1 Å². The number of hydrogen-bond donors (Lipinski definition) is 3. The van der Waals surface area contributed by atoms with Crippen LogP contribution in [0.25, 0.3) is 0 Å². The quantitative estimate of drug-likeness (QED) is 0.546. The van der Waals surface area contributed by atoms with Crippen LogP contribution in [-0.2, 0) is 6.18 Å². The first-order valence-corrected chi connectivity index (χ1v) is 8.17. The molecule has 0 amide bonds. The number of carbonyl (C=O) groups is 1. The van der Waals surface area contributed by atoms with Gasteiger partial charge in [0, 0.05) is 16.9 Å². The summed E-state index contributed by atoms with van der Waals surface area (Å²) < 4.78 is 38.0. The van der Waals surface area contributed by atoms with E-state index in [2.05, 4.69) is 20.6 Å². The zero-order chi connectivity index (χ0) is 20.3. The highest BCUT2D eigenvalue weighted by Gasteiger charge is 2.29. The van der Waals surface area contributed by atoms with E-state index in [0.29, 0.717) is 22.8 Å². The Hall–Kier alpha value is -3.62. The molecule has 0 spiro atoms. The molecule has 0 saturated carbocycles. The minimum Gasteiger partial charge on any atom is -0.393 e. The number of hydrogen-bond acceptors (Lipinski definition) is 6. The number of nitrogens with two attached hydrogens (primary N) is 1. The van der Waals surface area contributed by atoms with Crippen LogP contribution < -0.4 is 16.4 Å². The maximum Gasteiger partial charge on any atom is 0.416 e. The van der Waals surface area contributed by atoms with Crippen LogP contribution in [0.5, 0.6) is 0 Å². The lowest BCUT2D eigenvalue weighted by Crippen LogP contribution is -2.06. The van der Waals surface area contributed by atoms with Crippen LogP contribution in [0, 0.1) is 0 Å². The van der Waals surface area contributed by atoms with Crippen molar-refractivity contribution in [3.8, 4) is 0 Å². The molecular formula is C19H16F3N5O. The lowest BCUT2D eigenvalue weighted by atomic mass is 10.1. The molecule has 0 bridgehead atoms. The fourth-order valence-electron chi connectivity index (χ4n) is 2.43. The van der Waals surface area contributed by atoms with Gasteiger partial charge in [-0.3, -0.25) is 4.79 Å². The number of aromatic nitrogens is 2. The van der Waals surface area contributed by atoms with Gasteiger partial charge < -0.3 is 16.4 Å². The lowest BCUT2D eigenvalue weighted by molar-refractivity contribution is -0.137. The number of anilines is 5. The first-order chi connectivity index (χ1) is 13.2. The van der Waals surface area contributed by atoms with Crippen molar-refractivity contribution >= 4 is 34.5 Å². The monoisotopic (exact) mass is 387 g/mol. The molecule has 3 rings (SSSR count). The van der Waals surface area contributed by atoms with Crippen molar-refractivity contribution in [2.75, 3.05) is 16.4 Å². The molecule has 4 N–H and O–H groups in total. The Morgan fingerprint density at radius 2 is 1.57 bits per heavy atom. The molecule has 0 aliphatic carbocycles. The van der Waals surface area contributed by atoms with Gasteiger partial charge in [0.05, 0.1) is 5.56 Å². The molecule has 1 heterocycles. The molecular weight excluding hydrogens is 371 g/mol. The minimum atomic E-state index is -4.40. The van der Waals surface area contributed by atoms with Gasteiger partial charge >= 0.3 is 6.18 Å². The molecule has 3 aromatic rings. The maximum atomic E-state index is 12.7. The first kappa shape index (κ1) is 19.2. The SMILES string of the molecule is CC(=O)c1cccc(Nc2ncnc(Nc3ccc(C(F)(F)F)cc3)c2N)c1. The van der Waals surface area contributed by atoms with Crippen LogP contribution >= 0.6 is 0 Å². The Bertz CT molecular complexity index is 1000. The van der Waals surface area contributed by atoms with Gasteiger partial charge in [-0.1, -0.05) is 12.1 Å². The molecule has 0 aliphatic heterocycles. The highest BCUT2D eigenvalue weighted by Crippen LogP contribution is 2.32. The minimum absolute atomic E-state index is 0.0797. The second-order valence-electron chi connectivity index (χ2n) is 5.95. The molecule has 6 nitrogen and oxygen atoms in total. The molecule has 2 aromatic carbocycles. The molecule has 0 atom stereocenters. The summed E-state index contributed by atoms with van der Waals surface area (Å²) in [5, 5.41) is 5.87. The van der Waals surface area contributed by atoms with Crippen molar-refractivity contribution in [1.82, 2.24) is 9.97 Å². The molecule has 0 radical (unpaired) electrons. The summed E-state index contributed by atoms with van der Waals surface area (Å²) in [6.45, 7) is 1.46. The van der Waals surface area contributed by atoms with Gasteiger partial charge in [0.15, 0.2) is 17.4 Å². The number of nitrogens with one attached hydrogen (secondary N) is 2. The summed E-state index contributed by atoms with van der Waals surface area (Å²) in [4.78, 5) is 19.6. The summed E-state index contributed by atoms with van der Waals surface area (Å²) in [6, 6.07) is 11.3. The van der Waals surface area contributed by atoms with Gasteiger partial charge in [0.2, 0.25) is 0 Å². The van der Waals surface area contributed by atoms with E-state index in [1.54, 1.807) is 24.3 Å². The zero-order valence-corrected chi connectivity index (χ0v) is 14.7. The van der Waals surface area contributed by atoms with E-state index in [1.807, 2.05) is 0 Å². The molecule has 0 unspecified atom stereocenters. The smallest absolute Gasteiger partial charge is 0.393 e. The number of nitrogens with zero attached hydrogens (tertiary/aromatic N) is 2. The number of benzene rings is 2. The molecule has 1 aromatic heterocycles. The van der Waals surface area contributed by atoms with Crippen molar-refractivity contribution in [3.63, 3.8) is 0 Å². The molecule has 28 heavy (non-hydrogen) atoms. The van der Waals surface area contributed by atoms with Crippen LogP contribution in [-0.4, -0.2) is 15.8 Å². The summed E-state index contributed by atoms with van der Waals surface area (Å²) in [6.07, 6.45) is -3.14. The third-order valence-electron chi connectivity index (χ3n) is 3.89. The maximum absolute atomic E-state index is 12.7. The summed E-state index contributed by atoms with van der Waals surface area (Å²) in [7, 11) is 0. The Kier molecular flexibility index (Phi) is 5.16. The number of halogens is 3. The lowest BCUT2D eigenvalue weighted by Gasteiger charge is -2.13. The van der Waals surface area contributed by atoms with Crippen molar-refractivity contribution in [2.45, 2.75) is 13.1 Å². The number of Topliss-reactive ketones (excluding diaryl/α,β-unsaturated/α-hetero) is 1. The third-order valence-corrected chi connectivity index (χ3v) is 3.89. The number of ketones is 1. The average molecular weight is 387 g/mol. The van der Waals surface area contributed by atoms with E-state index in [9.17, 15) is 18.0 Å². The topological polar surface area (TPSA) is 92.9 Å². The van der Waals surface area contributed by atoms with Gasteiger partial charge in [0.25, 0.3) is 0 Å². The summed E-state index contributed by atoms with van der Waals surface area (Å²) >= 11 is 0. The van der Waals surface area contributed by atoms with Gasteiger partial charge in [-0.15, -0.1) is 0 Å². The van der Waals surface area contributed by atoms with E-state index in [-0.39, 0.29) is 17.3 Å². The summed E-state index contributed by atoms with van der Waals surface area (Å²) in [5.41, 5.74) is 7.04. The van der Waals surface area contributed by atoms with Crippen molar-refractivity contribution < 1.29 is 18.0 Å². The van der Waals surface area contributed by atoms with Gasteiger partial charge in [0.1, 0.15) is 12.0 Å². The fourth-order valence-corrected chi connectivity index (χ4v) is 2.43. The van der Waals surface area contributed by atoms with E-state index >= 15 is 0 Å².